The normalized spacial score (nSPS) is 15.5. The third-order valence-corrected chi connectivity index (χ3v) is 5.59. The Kier molecular flexibility index (Phi) is 5.79. The van der Waals surface area contributed by atoms with Gasteiger partial charge in [0.05, 0.1) is 28.4 Å². The number of Topliss-reactive ketones (excluding diaryl/α,β-unsaturated/α-hetero) is 1. The quantitative estimate of drug-likeness (QED) is 0.501. The third kappa shape index (κ3) is 4.35. The number of benzene rings is 2. The first-order chi connectivity index (χ1) is 14.4. The van der Waals surface area contributed by atoms with E-state index in [1.807, 2.05) is 31.2 Å². The topological polar surface area (TPSA) is 76.1 Å². The molecule has 1 unspecified atom stereocenters. The molecule has 1 aliphatic rings. The van der Waals surface area contributed by atoms with E-state index in [1.54, 1.807) is 25.3 Å². The summed E-state index contributed by atoms with van der Waals surface area (Å²) in [5, 5.41) is 7.29. The predicted molar refractivity (Wildman–Crippen MR) is 120 cm³/mol. The van der Waals surface area contributed by atoms with Crippen LogP contribution in [0.4, 0.5) is 23.1 Å². The molecule has 2 aromatic carbocycles. The zero-order chi connectivity index (χ0) is 21.3. The number of aromatic nitrogens is 2. The van der Waals surface area contributed by atoms with Crippen LogP contribution in [-0.2, 0) is 6.42 Å². The molecular formula is C22H20Cl2N4O2. The Hall–Kier alpha value is -2.83. The SMILES string of the molecule is COc1cccc(Nc2nc3c(c(Nc4ccc(Cl)c(Cl)c4)n2)C(=O)CC(C)C3)c1. The minimum atomic E-state index is 0.0271. The lowest BCUT2D eigenvalue weighted by Crippen LogP contribution is -2.22. The molecule has 6 nitrogen and oxygen atoms in total. The van der Waals surface area contributed by atoms with Gasteiger partial charge < -0.3 is 15.4 Å². The molecule has 1 atom stereocenters. The Labute approximate surface area is 184 Å². The second-order valence-electron chi connectivity index (χ2n) is 7.26. The minimum Gasteiger partial charge on any atom is -0.497 e. The first kappa shape index (κ1) is 20.4. The molecule has 30 heavy (non-hydrogen) atoms. The van der Waals surface area contributed by atoms with Crippen LogP contribution in [0.1, 0.15) is 29.4 Å². The molecule has 0 spiro atoms. The lowest BCUT2D eigenvalue weighted by atomic mass is 9.87. The Bertz CT molecular complexity index is 1120. The fourth-order valence-electron chi connectivity index (χ4n) is 3.46. The van der Waals surface area contributed by atoms with Crippen LogP contribution in [0, 0.1) is 5.92 Å². The molecule has 154 valence electrons. The van der Waals surface area contributed by atoms with E-state index in [0.29, 0.717) is 45.9 Å². The van der Waals surface area contributed by atoms with Crippen molar-refractivity contribution in [3.63, 3.8) is 0 Å². The number of rotatable bonds is 5. The van der Waals surface area contributed by atoms with Crippen LogP contribution in [0.2, 0.25) is 10.0 Å². The van der Waals surface area contributed by atoms with Gasteiger partial charge in [-0.25, -0.2) is 4.98 Å². The van der Waals surface area contributed by atoms with Crippen LogP contribution in [-0.4, -0.2) is 22.9 Å². The molecule has 0 amide bonds. The standard InChI is InChI=1S/C22H20Cl2N4O2/c1-12-8-18-20(19(29)9-12)21(25-14-6-7-16(23)17(24)11-14)28-22(27-18)26-13-4-3-5-15(10-13)30-2/h3-7,10-12H,8-9H2,1-2H3,(H2,25,26,27,28). The lowest BCUT2D eigenvalue weighted by Gasteiger charge is -2.23. The van der Waals surface area contributed by atoms with Gasteiger partial charge in [0, 0.05) is 23.9 Å². The van der Waals surface area contributed by atoms with Crippen LogP contribution in [0.3, 0.4) is 0 Å². The van der Waals surface area contributed by atoms with Crippen molar-refractivity contribution < 1.29 is 9.53 Å². The summed E-state index contributed by atoms with van der Waals surface area (Å²) >= 11 is 12.2. The summed E-state index contributed by atoms with van der Waals surface area (Å²) in [6.45, 7) is 2.05. The summed E-state index contributed by atoms with van der Waals surface area (Å²) in [5.74, 6) is 1.81. The number of nitrogens with zero attached hydrogens (tertiary/aromatic N) is 2. The number of nitrogens with one attached hydrogen (secondary N) is 2. The van der Waals surface area contributed by atoms with Crippen molar-refractivity contribution in [1.29, 1.82) is 0 Å². The maximum atomic E-state index is 12.8. The molecule has 0 radical (unpaired) electrons. The number of methoxy groups -OCH3 is 1. The van der Waals surface area contributed by atoms with Gasteiger partial charge in [0.1, 0.15) is 11.6 Å². The van der Waals surface area contributed by atoms with Crippen LogP contribution in [0.5, 0.6) is 5.75 Å². The first-order valence-electron chi connectivity index (χ1n) is 9.50. The summed E-state index contributed by atoms with van der Waals surface area (Å²) in [4.78, 5) is 22.0. The van der Waals surface area contributed by atoms with E-state index < -0.39 is 0 Å². The zero-order valence-electron chi connectivity index (χ0n) is 16.5. The van der Waals surface area contributed by atoms with E-state index in [-0.39, 0.29) is 11.7 Å². The van der Waals surface area contributed by atoms with Gasteiger partial charge in [-0.1, -0.05) is 36.2 Å². The lowest BCUT2D eigenvalue weighted by molar-refractivity contribution is 0.0953. The van der Waals surface area contributed by atoms with Gasteiger partial charge in [-0.3, -0.25) is 4.79 Å². The average molecular weight is 443 g/mol. The van der Waals surface area contributed by atoms with Gasteiger partial charge >= 0.3 is 0 Å². The highest BCUT2D eigenvalue weighted by Gasteiger charge is 2.28. The van der Waals surface area contributed by atoms with E-state index in [0.717, 1.165) is 17.1 Å². The molecule has 0 fully saturated rings. The van der Waals surface area contributed by atoms with Crippen molar-refractivity contribution in [1.82, 2.24) is 9.97 Å². The number of hydrogen-bond donors (Lipinski definition) is 2. The molecule has 2 N–H and O–H groups in total. The third-order valence-electron chi connectivity index (χ3n) is 4.85. The molecule has 8 heteroatoms. The highest BCUT2D eigenvalue weighted by Crippen LogP contribution is 2.33. The maximum absolute atomic E-state index is 12.8. The molecule has 1 aromatic heterocycles. The number of carbonyl (C=O) groups is 1. The van der Waals surface area contributed by atoms with Crippen molar-refractivity contribution in [2.24, 2.45) is 5.92 Å². The molecule has 1 heterocycles. The smallest absolute Gasteiger partial charge is 0.229 e. The number of fused-ring (bicyclic) bond motifs is 1. The van der Waals surface area contributed by atoms with E-state index in [4.69, 9.17) is 27.9 Å². The van der Waals surface area contributed by atoms with Crippen molar-refractivity contribution >= 4 is 52.1 Å². The Morgan fingerprint density at radius 1 is 1.00 bits per heavy atom. The number of anilines is 4. The molecule has 3 aromatic rings. The number of halogens is 2. The van der Waals surface area contributed by atoms with Crippen molar-refractivity contribution in [3.05, 3.63) is 63.8 Å². The zero-order valence-corrected chi connectivity index (χ0v) is 18.0. The number of carbonyl (C=O) groups excluding carboxylic acids is 1. The molecule has 0 bridgehead atoms. The van der Waals surface area contributed by atoms with Gasteiger partial charge in [-0.05, 0) is 42.7 Å². The molecular weight excluding hydrogens is 423 g/mol. The van der Waals surface area contributed by atoms with Gasteiger partial charge in [-0.2, -0.15) is 4.98 Å². The average Bonchev–Trinajstić information content (AvgIpc) is 2.70. The molecule has 0 saturated heterocycles. The van der Waals surface area contributed by atoms with Gasteiger partial charge in [0.25, 0.3) is 0 Å². The van der Waals surface area contributed by atoms with Crippen LogP contribution in [0.25, 0.3) is 0 Å². The predicted octanol–water partition coefficient (Wildman–Crippen LogP) is 6.04. The number of hydrogen-bond acceptors (Lipinski definition) is 6. The number of ketones is 1. The Morgan fingerprint density at radius 2 is 1.80 bits per heavy atom. The highest BCUT2D eigenvalue weighted by molar-refractivity contribution is 6.42. The Morgan fingerprint density at radius 3 is 2.57 bits per heavy atom. The summed E-state index contributed by atoms with van der Waals surface area (Å²) in [5.41, 5.74) is 2.71. The number of ether oxygens (including phenoxy) is 1. The Balaban J connectivity index is 1.74. The van der Waals surface area contributed by atoms with E-state index in [1.165, 1.54) is 0 Å². The van der Waals surface area contributed by atoms with Crippen LogP contribution < -0.4 is 15.4 Å². The molecule has 1 aliphatic carbocycles. The van der Waals surface area contributed by atoms with Gasteiger partial charge in [-0.15, -0.1) is 0 Å². The van der Waals surface area contributed by atoms with E-state index >= 15 is 0 Å². The van der Waals surface area contributed by atoms with Crippen molar-refractivity contribution in [2.75, 3.05) is 17.7 Å². The van der Waals surface area contributed by atoms with Gasteiger partial charge in [0.15, 0.2) is 5.78 Å². The summed E-state index contributed by atoms with van der Waals surface area (Å²) in [6, 6.07) is 12.7. The minimum absolute atomic E-state index is 0.0271. The molecule has 0 aliphatic heterocycles. The van der Waals surface area contributed by atoms with E-state index in [9.17, 15) is 4.79 Å². The summed E-state index contributed by atoms with van der Waals surface area (Å²) < 4.78 is 5.27. The second-order valence-corrected chi connectivity index (χ2v) is 8.08. The molecule has 4 rings (SSSR count). The van der Waals surface area contributed by atoms with E-state index in [2.05, 4.69) is 20.6 Å². The van der Waals surface area contributed by atoms with Crippen molar-refractivity contribution in [3.8, 4) is 5.75 Å². The van der Waals surface area contributed by atoms with Crippen LogP contribution >= 0.6 is 23.2 Å². The van der Waals surface area contributed by atoms with Crippen molar-refractivity contribution in [2.45, 2.75) is 19.8 Å². The molecule has 0 saturated carbocycles. The fourth-order valence-corrected chi connectivity index (χ4v) is 3.75. The fraction of sp³-hybridized carbons (Fsp3) is 0.227. The maximum Gasteiger partial charge on any atom is 0.229 e. The summed E-state index contributed by atoms with van der Waals surface area (Å²) in [6.07, 6.45) is 1.17. The first-order valence-corrected chi connectivity index (χ1v) is 10.3. The summed E-state index contributed by atoms with van der Waals surface area (Å²) in [7, 11) is 1.61. The highest BCUT2D eigenvalue weighted by atomic mass is 35.5. The largest absolute Gasteiger partial charge is 0.497 e. The van der Waals surface area contributed by atoms with Crippen LogP contribution in [0.15, 0.2) is 42.5 Å². The van der Waals surface area contributed by atoms with Gasteiger partial charge in [0.2, 0.25) is 5.95 Å². The monoisotopic (exact) mass is 442 g/mol. The second kappa shape index (κ2) is 8.50.